The zero-order valence-corrected chi connectivity index (χ0v) is 22.7. The molecule has 0 saturated carbocycles. The fraction of sp³-hybridized carbons (Fsp3) is 0.467. The van der Waals surface area contributed by atoms with E-state index in [1.165, 1.54) is 22.3 Å². The van der Waals surface area contributed by atoms with Gasteiger partial charge in [-0.2, -0.15) is 0 Å². The molecule has 1 aliphatic carbocycles. The van der Waals surface area contributed by atoms with Gasteiger partial charge in [-0.1, -0.05) is 17.7 Å². The van der Waals surface area contributed by atoms with Crippen LogP contribution in [0, 0.1) is 5.92 Å². The van der Waals surface area contributed by atoms with Crippen molar-refractivity contribution in [3.8, 4) is 16.9 Å². The van der Waals surface area contributed by atoms with Crippen molar-refractivity contribution in [3.63, 3.8) is 0 Å². The summed E-state index contributed by atoms with van der Waals surface area (Å²) in [7, 11) is 1.71. The molecular formula is C30H33ClN2O4. The number of amides is 1. The number of aryl methyl sites for hydroxylation is 1. The first-order valence-electron chi connectivity index (χ1n) is 13.1. The fourth-order valence-corrected chi connectivity index (χ4v) is 6.32. The topological polar surface area (TPSA) is 60.4 Å². The van der Waals surface area contributed by atoms with Crippen LogP contribution in [0.5, 0.6) is 5.75 Å². The molecule has 2 atom stereocenters. The molecule has 3 aliphatic heterocycles. The number of likely N-dealkylation sites (tertiary alicyclic amines) is 1. The Balaban J connectivity index is 1.28. The molecule has 7 heteroatoms. The van der Waals surface area contributed by atoms with E-state index >= 15 is 0 Å². The summed E-state index contributed by atoms with van der Waals surface area (Å²) in [5, 5.41) is 0.731. The quantitative estimate of drug-likeness (QED) is 0.453. The Hall–Kier alpha value is -2.83. The lowest BCUT2D eigenvalue weighted by molar-refractivity contribution is 0.0252. The molecule has 1 saturated heterocycles. The minimum atomic E-state index is -0.544. The van der Waals surface area contributed by atoms with Gasteiger partial charge >= 0.3 is 6.09 Å². The van der Waals surface area contributed by atoms with Gasteiger partial charge in [0.2, 0.25) is 0 Å². The second-order valence-electron chi connectivity index (χ2n) is 11.5. The van der Waals surface area contributed by atoms with Crippen LogP contribution in [-0.2, 0) is 22.5 Å². The molecule has 0 N–H and O–H groups in total. The Labute approximate surface area is 223 Å². The van der Waals surface area contributed by atoms with E-state index in [4.69, 9.17) is 30.8 Å². The number of carbonyl (C=O) groups is 1. The molecular weight excluding hydrogens is 488 g/mol. The summed E-state index contributed by atoms with van der Waals surface area (Å²) in [5.74, 6) is 1.18. The fourth-order valence-electron chi connectivity index (χ4n) is 6.13. The maximum atomic E-state index is 13.1. The van der Waals surface area contributed by atoms with Crippen LogP contribution >= 0.6 is 11.6 Å². The van der Waals surface area contributed by atoms with Crippen molar-refractivity contribution in [1.82, 2.24) is 4.90 Å². The first-order chi connectivity index (χ1) is 17.7. The monoisotopic (exact) mass is 520 g/mol. The Bertz CT molecular complexity index is 1340. The molecule has 0 aromatic heterocycles. The predicted octanol–water partition coefficient (Wildman–Crippen LogP) is 6.67. The van der Waals surface area contributed by atoms with E-state index in [2.05, 4.69) is 18.2 Å². The van der Waals surface area contributed by atoms with Gasteiger partial charge in [-0.05, 0) is 92.1 Å². The van der Waals surface area contributed by atoms with Crippen LogP contribution in [0.1, 0.15) is 56.7 Å². The number of aliphatic imine (C=N–C) groups is 1. The van der Waals surface area contributed by atoms with Gasteiger partial charge < -0.3 is 14.2 Å². The number of hydrogen-bond donors (Lipinski definition) is 0. The number of benzene rings is 2. The summed E-state index contributed by atoms with van der Waals surface area (Å²) in [6, 6.07) is 10.4. The van der Waals surface area contributed by atoms with E-state index in [-0.39, 0.29) is 18.1 Å². The van der Waals surface area contributed by atoms with Crippen molar-refractivity contribution in [2.45, 2.75) is 64.7 Å². The first-order valence-corrected chi connectivity index (χ1v) is 13.4. The molecule has 6 nitrogen and oxygen atoms in total. The highest BCUT2D eigenvalue weighted by atomic mass is 35.5. The smallest absolute Gasteiger partial charge is 0.410 e. The van der Waals surface area contributed by atoms with E-state index in [1.54, 1.807) is 7.11 Å². The maximum absolute atomic E-state index is 13.1. The number of rotatable bonds is 3. The second-order valence-corrected chi connectivity index (χ2v) is 11.9. The van der Waals surface area contributed by atoms with Crippen LogP contribution in [0.3, 0.4) is 0 Å². The van der Waals surface area contributed by atoms with Gasteiger partial charge in [0.15, 0.2) is 0 Å². The zero-order chi connectivity index (χ0) is 25.9. The highest BCUT2D eigenvalue weighted by Crippen LogP contribution is 2.47. The summed E-state index contributed by atoms with van der Waals surface area (Å²) in [5.41, 5.74) is 8.93. The first kappa shape index (κ1) is 24.5. The highest BCUT2D eigenvalue weighted by molar-refractivity contribution is 6.30. The molecule has 0 unspecified atom stereocenters. The van der Waals surface area contributed by atoms with Crippen LogP contribution in [0.4, 0.5) is 4.79 Å². The van der Waals surface area contributed by atoms with Gasteiger partial charge in [-0.25, -0.2) is 4.79 Å². The average Bonchev–Trinajstić information content (AvgIpc) is 3.46. The highest BCUT2D eigenvalue weighted by Gasteiger charge is 2.42. The maximum Gasteiger partial charge on any atom is 0.410 e. The number of nitrogens with zero attached hydrogens (tertiary/aromatic N) is 2. The normalized spacial score (nSPS) is 22.1. The van der Waals surface area contributed by atoms with Gasteiger partial charge in [0.1, 0.15) is 18.0 Å². The third-order valence-electron chi connectivity index (χ3n) is 7.69. The van der Waals surface area contributed by atoms with Gasteiger partial charge in [0, 0.05) is 48.0 Å². The van der Waals surface area contributed by atoms with Crippen molar-refractivity contribution >= 4 is 29.0 Å². The molecule has 3 heterocycles. The molecule has 1 fully saturated rings. The van der Waals surface area contributed by atoms with Gasteiger partial charge in [0.05, 0.1) is 12.6 Å². The number of fused-ring (bicyclic) bond motifs is 5. The zero-order valence-electron chi connectivity index (χ0n) is 21.9. The number of carbonyl (C=O) groups excluding carboxylic acids is 1. The second kappa shape index (κ2) is 9.17. The minimum absolute atomic E-state index is 0.0745. The average molecular weight is 521 g/mol. The van der Waals surface area contributed by atoms with Crippen molar-refractivity contribution < 1.29 is 19.0 Å². The summed E-state index contributed by atoms with van der Waals surface area (Å²) < 4.78 is 17.4. The molecule has 6 rings (SSSR count). The van der Waals surface area contributed by atoms with Crippen molar-refractivity contribution in [3.05, 3.63) is 57.7 Å². The number of halogens is 1. The molecule has 0 spiro atoms. The molecule has 2 aromatic rings. The van der Waals surface area contributed by atoms with E-state index in [0.29, 0.717) is 19.8 Å². The summed E-state index contributed by atoms with van der Waals surface area (Å²) in [6.45, 7) is 7.48. The SMILES string of the molecule is COC[C@H]1C[C@@H](C2=NC3=C(C2)c2cc4c(cc2CC3)-c2ccc(Cl)cc2CO4)N(C(=O)OC(C)(C)C)C1. The van der Waals surface area contributed by atoms with E-state index in [0.717, 1.165) is 59.0 Å². The third-order valence-corrected chi connectivity index (χ3v) is 7.92. The van der Waals surface area contributed by atoms with Gasteiger partial charge in [-0.15, -0.1) is 0 Å². The predicted molar refractivity (Wildman–Crippen MR) is 145 cm³/mol. The largest absolute Gasteiger partial charge is 0.488 e. The van der Waals surface area contributed by atoms with E-state index in [9.17, 15) is 4.79 Å². The van der Waals surface area contributed by atoms with Crippen LogP contribution in [0.2, 0.25) is 5.02 Å². The van der Waals surface area contributed by atoms with Gasteiger partial charge in [0.25, 0.3) is 0 Å². The van der Waals surface area contributed by atoms with Crippen LogP contribution in [0.15, 0.2) is 41.0 Å². The van der Waals surface area contributed by atoms with Crippen LogP contribution in [-0.4, -0.2) is 48.6 Å². The number of allylic oxidation sites excluding steroid dienone is 2. The lowest BCUT2D eigenvalue weighted by atomic mass is 9.84. The standard InChI is InChI=1S/C30H33ClN2O4/c1-30(2,3)37-29(34)33-14-17(15-35-4)9-27(33)26-12-23-22-13-28-24(11-18(22)5-8-25(23)32-26)21-7-6-20(31)10-19(21)16-36-28/h6-7,10-11,13,17,27H,5,8-9,12,14-16H2,1-4H3/t17-,27-/m0/s1. The van der Waals surface area contributed by atoms with Crippen molar-refractivity contribution in [1.29, 1.82) is 0 Å². The molecule has 2 aromatic carbocycles. The molecule has 4 aliphatic rings. The van der Waals surface area contributed by atoms with Crippen molar-refractivity contribution in [2.24, 2.45) is 10.9 Å². The molecule has 37 heavy (non-hydrogen) atoms. The Morgan fingerprint density at radius 3 is 2.76 bits per heavy atom. The molecule has 0 radical (unpaired) electrons. The molecule has 1 amide bonds. The molecule has 0 bridgehead atoms. The molecule has 194 valence electrons. The summed E-state index contributed by atoms with van der Waals surface area (Å²) in [6.07, 6.45) is 3.15. The lowest BCUT2D eigenvalue weighted by Crippen LogP contribution is -2.43. The van der Waals surface area contributed by atoms with E-state index < -0.39 is 5.60 Å². The summed E-state index contributed by atoms with van der Waals surface area (Å²) in [4.78, 5) is 20.1. The van der Waals surface area contributed by atoms with Crippen LogP contribution in [0.25, 0.3) is 16.7 Å². The van der Waals surface area contributed by atoms with Crippen molar-refractivity contribution in [2.75, 3.05) is 20.3 Å². The minimum Gasteiger partial charge on any atom is -0.488 e. The van der Waals surface area contributed by atoms with Crippen LogP contribution < -0.4 is 4.74 Å². The summed E-state index contributed by atoms with van der Waals surface area (Å²) >= 11 is 6.22. The number of ether oxygens (including phenoxy) is 3. The lowest BCUT2D eigenvalue weighted by Gasteiger charge is -2.29. The Kier molecular flexibility index (Phi) is 6.08. The van der Waals surface area contributed by atoms with E-state index in [1.807, 2.05) is 37.8 Å². The number of methoxy groups -OCH3 is 1. The Morgan fingerprint density at radius 1 is 1.14 bits per heavy atom. The van der Waals surface area contributed by atoms with Gasteiger partial charge in [-0.3, -0.25) is 9.89 Å². The Morgan fingerprint density at radius 2 is 1.97 bits per heavy atom. The number of hydrogen-bond acceptors (Lipinski definition) is 5. The third kappa shape index (κ3) is 4.55.